The third-order valence-electron chi connectivity index (χ3n) is 4.20. The van der Waals surface area contributed by atoms with Gasteiger partial charge in [0.05, 0.1) is 5.69 Å². The highest BCUT2D eigenvalue weighted by atomic mass is 32.2. The number of nitrogens with zero attached hydrogens (tertiary/aromatic N) is 3. The lowest BCUT2D eigenvalue weighted by Crippen LogP contribution is -2.07. The van der Waals surface area contributed by atoms with Gasteiger partial charge in [0.2, 0.25) is 5.95 Å². The standard InChI is InChI=1S/C20H18FN5S/c21-16-12-13(6-7-18(16)27-14-8-10-23-11-9-14)24-19-15-4-2-1-3-5-17(15)25-20(22)26-19/h3,5-12H,1-2,4H2,(H3,22,24,25,26). The van der Waals surface area contributed by atoms with E-state index in [0.29, 0.717) is 16.4 Å². The number of nitrogens with one attached hydrogen (secondary N) is 1. The molecule has 0 amide bonds. The van der Waals surface area contributed by atoms with Crippen molar-refractivity contribution in [3.05, 3.63) is 65.9 Å². The first kappa shape index (κ1) is 17.5. The van der Waals surface area contributed by atoms with Gasteiger partial charge in [0.25, 0.3) is 0 Å². The number of fused-ring (bicyclic) bond motifs is 1. The van der Waals surface area contributed by atoms with Crippen molar-refractivity contribution in [2.75, 3.05) is 11.1 Å². The maximum Gasteiger partial charge on any atom is 0.222 e. The number of rotatable bonds is 4. The monoisotopic (exact) mass is 379 g/mol. The molecular formula is C20H18FN5S. The number of halogens is 1. The first-order chi connectivity index (χ1) is 13.2. The van der Waals surface area contributed by atoms with Crippen molar-refractivity contribution in [2.45, 2.75) is 29.1 Å². The number of allylic oxidation sites excluding steroid dienone is 1. The minimum atomic E-state index is -0.296. The summed E-state index contributed by atoms with van der Waals surface area (Å²) < 4.78 is 14.6. The maximum atomic E-state index is 14.6. The van der Waals surface area contributed by atoms with Gasteiger partial charge in [0.1, 0.15) is 11.6 Å². The highest BCUT2D eigenvalue weighted by Crippen LogP contribution is 2.32. The molecule has 0 saturated heterocycles. The molecule has 0 spiro atoms. The van der Waals surface area contributed by atoms with Gasteiger partial charge in [-0.15, -0.1) is 0 Å². The van der Waals surface area contributed by atoms with Gasteiger partial charge >= 0.3 is 0 Å². The lowest BCUT2D eigenvalue weighted by atomic mass is 10.1. The molecule has 1 aliphatic rings. The quantitative estimate of drug-likeness (QED) is 0.676. The summed E-state index contributed by atoms with van der Waals surface area (Å²) in [5.74, 6) is 0.543. The van der Waals surface area contributed by atoms with Gasteiger partial charge in [-0.3, -0.25) is 4.98 Å². The van der Waals surface area contributed by atoms with Crippen molar-refractivity contribution < 1.29 is 4.39 Å². The summed E-state index contributed by atoms with van der Waals surface area (Å²) in [6.45, 7) is 0. The van der Waals surface area contributed by atoms with E-state index in [-0.39, 0.29) is 11.8 Å². The SMILES string of the molecule is Nc1nc2c(c(Nc3ccc(Sc4ccncc4)c(F)c3)n1)CCCC=C2. The number of nitrogens with two attached hydrogens (primary N) is 1. The van der Waals surface area contributed by atoms with Gasteiger partial charge in [-0.25, -0.2) is 9.37 Å². The average molecular weight is 379 g/mol. The largest absolute Gasteiger partial charge is 0.368 e. The van der Waals surface area contributed by atoms with E-state index in [9.17, 15) is 4.39 Å². The Morgan fingerprint density at radius 1 is 1.11 bits per heavy atom. The molecule has 0 atom stereocenters. The van der Waals surface area contributed by atoms with Crippen LogP contribution in [-0.2, 0) is 6.42 Å². The van der Waals surface area contributed by atoms with Crippen molar-refractivity contribution in [1.29, 1.82) is 0 Å². The summed E-state index contributed by atoms with van der Waals surface area (Å²) in [4.78, 5) is 14.1. The van der Waals surface area contributed by atoms with Crippen molar-refractivity contribution in [2.24, 2.45) is 0 Å². The van der Waals surface area contributed by atoms with E-state index in [1.807, 2.05) is 24.3 Å². The Kier molecular flexibility index (Phi) is 5.02. The average Bonchev–Trinajstić information content (AvgIpc) is 2.90. The fourth-order valence-electron chi connectivity index (χ4n) is 2.93. The van der Waals surface area contributed by atoms with Gasteiger partial charge in [-0.05, 0) is 55.7 Å². The molecule has 1 aliphatic carbocycles. The molecule has 2 heterocycles. The van der Waals surface area contributed by atoms with Crippen LogP contribution in [0.4, 0.5) is 21.8 Å². The van der Waals surface area contributed by atoms with Crippen molar-refractivity contribution in [3.8, 4) is 0 Å². The number of aromatic nitrogens is 3. The van der Waals surface area contributed by atoms with Gasteiger partial charge in [0, 0.05) is 33.4 Å². The third-order valence-corrected chi connectivity index (χ3v) is 5.26. The smallest absolute Gasteiger partial charge is 0.222 e. The molecule has 136 valence electrons. The topological polar surface area (TPSA) is 76.7 Å². The predicted molar refractivity (Wildman–Crippen MR) is 106 cm³/mol. The number of pyridine rings is 1. The summed E-state index contributed by atoms with van der Waals surface area (Å²) >= 11 is 1.36. The third kappa shape index (κ3) is 4.09. The van der Waals surface area contributed by atoms with Gasteiger partial charge in [0.15, 0.2) is 0 Å². The number of nitrogen functional groups attached to an aromatic ring is 1. The highest BCUT2D eigenvalue weighted by Gasteiger charge is 2.14. The van der Waals surface area contributed by atoms with Crippen LogP contribution in [0, 0.1) is 5.82 Å². The van der Waals surface area contributed by atoms with Crippen LogP contribution >= 0.6 is 11.8 Å². The number of hydrogen-bond acceptors (Lipinski definition) is 6. The lowest BCUT2D eigenvalue weighted by molar-refractivity contribution is 0.602. The summed E-state index contributed by atoms with van der Waals surface area (Å²) in [5, 5.41) is 3.21. The second-order valence-corrected chi connectivity index (χ2v) is 7.26. The molecule has 0 radical (unpaired) electrons. The second-order valence-electron chi connectivity index (χ2n) is 6.14. The first-order valence-corrected chi connectivity index (χ1v) is 9.48. The van der Waals surface area contributed by atoms with Crippen LogP contribution in [-0.4, -0.2) is 15.0 Å². The van der Waals surface area contributed by atoms with Gasteiger partial charge in [-0.2, -0.15) is 4.98 Å². The Morgan fingerprint density at radius 3 is 2.78 bits per heavy atom. The molecule has 0 saturated carbocycles. The molecule has 2 aromatic heterocycles. The normalized spacial score (nSPS) is 13.1. The lowest BCUT2D eigenvalue weighted by Gasteiger charge is -2.14. The number of anilines is 3. The second kappa shape index (κ2) is 7.75. The first-order valence-electron chi connectivity index (χ1n) is 8.66. The molecule has 1 aromatic carbocycles. The number of hydrogen-bond donors (Lipinski definition) is 2. The molecule has 3 N–H and O–H groups in total. The maximum absolute atomic E-state index is 14.6. The fraction of sp³-hybridized carbons (Fsp3) is 0.150. The van der Waals surface area contributed by atoms with Crippen molar-refractivity contribution in [3.63, 3.8) is 0 Å². The Bertz CT molecular complexity index is 991. The Labute approximate surface area is 161 Å². The summed E-state index contributed by atoms with van der Waals surface area (Å²) in [7, 11) is 0. The molecule has 4 rings (SSSR count). The Morgan fingerprint density at radius 2 is 1.96 bits per heavy atom. The van der Waals surface area contributed by atoms with Crippen LogP contribution in [0.1, 0.15) is 24.1 Å². The molecule has 0 unspecified atom stereocenters. The number of benzene rings is 1. The van der Waals surface area contributed by atoms with E-state index in [1.165, 1.54) is 17.8 Å². The summed E-state index contributed by atoms with van der Waals surface area (Å²) in [6.07, 6.45) is 10.3. The van der Waals surface area contributed by atoms with Crippen LogP contribution in [0.5, 0.6) is 0 Å². The van der Waals surface area contributed by atoms with E-state index in [0.717, 1.165) is 35.4 Å². The zero-order chi connectivity index (χ0) is 18.6. The minimum Gasteiger partial charge on any atom is -0.368 e. The highest BCUT2D eigenvalue weighted by molar-refractivity contribution is 7.99. The summed E-state index contributed by atoms with van der Waals surface area (Å²) in [6, 6.07) is 8.77. The van der Waals surface area contributed by atoms with Crippen molar-refractivity contribution in [1.82, 2.24) is 15.0 Å². The van der Waals surface area contributed by atoms with E-state index in [1.54, 1.807) is 18.5 Å². The van der Waals surface area contributed by atoms with E-state index >= 15 is 0 Å². The molecule has 0 bridgehead atoms. The van der Waals surface area contributed by atoms with Crippen LogP contribution < -0.4 is 11.1 Å². The predicted octanol–water partition coefficient (Wildman–Crippen LogP) is 4.84. The fourth-order valence-corrected chi connectivity index (χ4v) is 3.73. The van der Waals surface area contributed by atoms with Crippen LogP contribution in [0.2, 0.25) is 0 Å². The Balaban J connectivity index is 1.60. The van der Waals surface area contributed by atoms with E-state index < -0.39 is 0 Å². The van der Waals surface area contributed by atoms with Crippen LogP contribution in [0.15, 0.2) is 58.6 Å². The van der Waals surface area contributed by atoms with Crippen LogP contribution in [0.25, 0.3) is 6.08 Å². The van der Waals surface area contributed by atoms with Crippen molar-refractivity contribution >= 4 is 35.3 Å². The molecule has 27 heavy (non-hydrogen) atoms. The Hall–Kier alpha value is -2.93. The van der Waals surface area contributed by atoms with Gasteiger partial charge in [-0.1, -0.05) is 17.8 Å². The van der Waals surface area contributed by atoms with Crippen LogP contribution in [0.3, 0.4) is 0 Å². The zero-order valence-electron chi connectivity index (χ0n) is 14.5. The molecule has 0 fully saturated rings. The molecular weight excluding hydrogens is 361 g/mol. The molecule has 3 aromatic rings. The molecule has 5 nitrogen and oxygen atoms in total. The summed E-state index contributed by atoms with van der Waals surface area (Å²) in [5.41, 5.74) is 8.31. The molecule has 7 heteroatoms. The van der Waals surface area contributed by atoms with E-state index in [4.69, 9.17) is 5.73 Å². The molecule has 0 aliphatic heterocycles. The van der Waals surface area contributed by atoms with Gasteiger partial charge < -0.3 is 11.1 Å². The minimum absolute atomic E-state index is 0.202. The zero-order valence-corrected chi connectivity index (χ0v) is 15.3. The van der Waals surface area contributed by atoms with E-state index in [2.05, 4.69) is 26.3 Å².